The first-order valence-electron chi connectivity index (χ1n) is 10.5. The zero-order chi connectivity index (χ0) is 24.3. The van der Waals surface area contributed by atoms with Crippen LogP contribution in [0.25, 0.3) is 5.69 Å². The van der Waals surface area contributed by atoms with E-state index in [9.17, 15) is 13.2 Å². The summed E-state index contributed by atoms with van der Waals surface area (Å²) in [6.07, 6.45) is 0.956. The number of tetrazole rings is 1. The molecule has 174 valence electrons. The minimum atomic E-state index is -3.75. The molecule has 1 unspecified atom stereocenters. The Kier molecular flexibility index (Phi) is 6.42. The van der Waals surface area contributed by atoms with E-state index in [-0.39, 0.29) is 4.90 Å². The van der Waals surface area contributed by atoms with E-state index >= 15 is 0 Å². The molecule has 9 nitrogen and oxygen atoms in total. The van der Waals surface area contributed by atoms with E-state index in [1.165, 1.54) is 35.3 Å². The summed E-state index contributed by atoms with van der Waals surface area (Å²) < 4.78 is 35.0. The second-order valence-corrected chi connectivity index (χ2v) is 9.51. The number of sulfonamides is 1. The largest absolute Gasteiger partial charge is 0.454 e. The minimum absolute atomic E-state index is 0.178. The van der Waals surface area contributed by atoms with E-state index in [2.05, 4.69) is 20.2 Å². The second-order valence-electron chi connectivity index (χ2n) is 7.83. The maximum Gasteiger partial charge on any atom is 0.338 e. The average Bonchev–Trinajstić information content (AvgIpc) is 3.36. The van der Waals surface area contributed by atoms with Gasteiger partial charge in [-0.15, -0.1) is 5.10 Å². The van der Waals surface area contributed by atoms with Crippen molar-refractivity contribution in [1.29, 1.82) is 0 Å². The van der Waals surface area contributed by atoms with Crippen molar-refractivity contribution >= 4 is 21.7 Å². The molecular weight excluding hydrogens is 454 g/mol. The van der Waals surface area contributed by atoms with Crippen molar-refractivity contribution in [2.75, 3.05) is 4.72 Å². The number of aromatic nitrogens is 4. The van der Waals surface area contributed by atoms with Crippen molar-refractivity contribution in [3.05, 3.63) is 95.3 Å². The van der Waals surface area contributed by atoms with E-state index in [0.717, 1.165) is 22.4 Å². The number of rotatable bonds is 7. The minimum Gasteiger partial charge on any atom is -0.454 e. The molecule has 0 saturated carbocycles. The van der Waals surface area contributed by atoms with Crippen LogP contribution in [-0.4, -0.2) is 34.6 Å². The predicted molar refractivity (Wildman–Crippen MR) is 126 cm³/mol. The summed E-state index contributed by atoms with van der Waals surface area (Å²) in [6, 6.07) is 18.4. The molecule has 0 aliphatic heterocycles. The quantitative estimate of drug-likeness (QED) is 0.400. The highest BCUT2D eigenvalue weighted by atomic mass is 32.2. The Bertz CT molecular complexity index is 1420. The number of ether oxygens (including phenoxy) is 1. The Labute approximate surface area is 197 Å². The second kappa shape index (κ2) is 9.44. The van der Waals surface area contributed by atoms with E-state index in [1.807, 2.05) is 38.1 Å². The number of carbonyl (C=O) groups excluding carboxylic acids is 1. The lowest BCUT2D eigenvalue weighted by Crippen LogP contribution is -2.14. The molecule has 1 atom stereocenters. The van der Waals surface area contributed by atoms with Gasteiger partial charge in [0.2, 0.25) is 0 Å². The lowest BCUT2D eigenvalue weighted by atomic mass is 10.1. The third-order valence-electron chi connectivity index (χ3n) is 5.40. The van der Waals surface area contributed by atoms with Gasteiger partial charge < -0.3 is 4.74 Å². The number of aryl methyl sites for hydroxylation is 2. The number of nitrogens with zero attached hydrogens (tertiary/aromatic N) is 4. The van der Waals surface area contributed by atoms with Crippen molar-refractivity contribution in [2.24, 2.45) is 0 Å². The van der Waals surface area contributed by atoms with E-state index in [4.69, 9.17) is 4.74 Å². The molecule has 0 spiro atoms. The van der Waals surface area contributed by atoms with Gasteiger partial charge in [0.05, 0.1) is 16.1 Å². The normalized spacial score (nSPS) is 12.2. The molecule has 0 radical (unpaired) electrons. The summed E-state index contributed by atoms with van der Waals surface area (Å²) in [6.45, 7) is 5.55. The summed E-state index contributed by atoms with van der Waals surface area (Å²) in [5.41, 5.74) is 4.07. The van der Waals surface area contributed by atoms with Crippen LogP contribution < -0.4 is 4.72 Å². The fraction of sp³-hybridized carbons (Fsp3) is 0.167. The number of carbonyl (C=O) groups is 1. The molecule has 0 aliphatic carbocycles. The van der Waals surface area contributed by atoms with Gasteiger partial charge in [0, 0.05) is 5.69 Å². The highest BCUT2D eigenvalue weighted by Crippen LogP contribution is 2.23. The van der Waals surface area contributed by atoms with Gasteiger partial charge in [0.15, 0.2) is 0 Å². The lowest BCUT2D eigenvalue weighted by molar-refractivity contribution is 0.0338. The van der Waals surface area contributed by atoms with Gasteiger partial charge in [-0.3, -0.25) is 4.72 Å². The van der Waals surface area contributed by atoms with Crippen LogP contribution in [0.2, 0.25) is 0 Å². The van der Waals surface area contributed by atoms with Crippen LogP contribution in [0.15, 0.2) is 78.0 Å². The van der Waals surface area contributed by atoms with Crippen molar-refractivity contribution < 1.29 is 17.9 Å². The maximum atomic E-state index is 12.7. The summed E-state index contributed by atoms with van der Waals surface area (Å²) in [5, 5.41) is 11.1. The van der Waals surface area contributed by atoms with Crippen molar-refractivity contribution in [3.63, 3.8) is 0 Å². The number of nitrogens with one attached hydrogen (secondary N) is 1. The molecule has 0 saturated heterocycles. The number of anilines is 1. The van der Waals surface area contributed by atoms with Crippen molar-refractivity contribution in [3.8, 4) is 5.69 Å². The van der Waals surface area contributed by atoms with Crippen molar-refractivity contribution in [1.82, 2.24) is 20.2 Å². The van der Waals surface area contributed by atoms with Crippen LogP contribution in [0, 0.1) is 13.8 Å². The molecular formula is C24H23N5O4S. The van der Waals surface area contributed by atoms with E-state index in [1.54, 1.807) is 25.1 Å². The first-order valence-corrected chi connectivity index (χ1v) is 12.0. The molecule has 4 aromatic rings. The van der Waals surface area contributed by atoms with Gasteiger partial charge in [-0.25, -0.2) is 17.9 Å². The molecule has 0 amide bonds. The SMILES string of the molecule is Cc1ccc(S(=O)(=O)Nc2ccc(C(=O)OC(C)c3cccc(-n4cnnn4)c3)cc2)cc1C. The zero-order valence-electron chi connectivity index (χ0n) is 18.8. The summed E-state index contributed by atoms with van der Waals surface area (Å²) in [7, 11) is -3.75. The fourth-order valence-corrected chi connectivity index (χ4v) is 4.41. The Morgan fingerprint density at radius 3 is 2.44 bits per heavy atom. The van der Waals surface area contributed by atoms with Crippen LogP contribution in [0.5, 0.6) is 0 Å². The van der Waals surface area contributed by atoms with Gasteiger partial charge in [0.1, 0.15) is 12.4 Å². The maximum absolute atomic E-state index is 12.7. The molecule has 34 heavy (non-hydrogen) atoms. The Hall–Kier alpha value is -4.05. The van der Waals surface area contributed by atoms with Crippen LogP contribution in [-0.2, 0) is 14.8 Å². The number of benzene rings is 3. The van der Waals surface area contributed by atoms with Gasteiger partial charge >= 0.3 is 5.97 Å². The third-order valence-corrected chi connectivity index (χ3v) is 6.78. The highest BCUT2D eigenvalue weighted by Gasteiger charge is 2.17. The van der Waals surface area contributed by atoms with Gasteiger partial charge in [0.25, 0.3) is 10.0 Å². The fourth-order valence-electron chi connectivity index (χ4n) is 3.27. The molecule has 1 N–H and O–H groups in total. The summed E-state index contributed by atoms with van der Waals surface area (Å²) in [5.74, 6) is -0.524. The van der Waals surface area contributed by atoms with Gasteiger partial charge in [-0.2, -0.15) is 0 Å². The van der Waals surface area contributed by atoms with Crippen LogP contribution >= 0.6 is 0 Å². The van der Waals surface area contributed by atoms with Crippen LogP contribution in [0.4, 0.5) is 5.69 Å². The first kappa shape index (κ1) is 23.1. The van der Waals surface area contributed by atoms with Gasteiger partial charge in [-0.05, 0) is 96.4 Å². The highest BCUT2D eigenvalue weighted by molar-refractivity contribution is 7.92. The van der Waals surface area contributed by atoms with Crippen LogP contribution in [0.3, 0.4) is 0 Å². The molecule has 10 heteroatoms. The Balaban J connectivity index is 1.43. The predicted octanol–water partition coefficient (Wildman–Crippen LogP) is 4.00. The Morgan fingerprint density at radius 1 is 1.00 bits per heavy atom. The molecule has 0 fully saturated rings. The van der Waals surface area contributed by atoms with E-state index in [0.29, 0.717) is 11.3 Å². The van der Waals surface area contributed by atoms with Crippen molar-refractivity contribution in [2.45, 2.75) is 31.8 Å². The molecule has 0 aliphatic rings. The Morgan fingerprint density at radius 2 is 1.76 bits per heavy atom. The van der Waals surface area contributed by atoms with Gasteiger partial charge in [-0.1, -0.05) is 18.2 Å². The summed E-state index contributed by atoms with van der Waals surface area (Å²) in [4.78, 5) is 12.8. The third kappa shape index (κ3) is 5.12. The average molecular weight is 478 g/mol. The summed E-state index contributed by atoms with van der Waals surface area (Å²) >= 11 is 0. The number of hydrogen-bond acceptors (Lipinski definition) is 7. The molecule has 4 rings (SSSR count). The molecule has 1 heterocycles. The standard InChI is InChI=1S/C24H23N5O4S/c1-16-7-12-23(13-17(16)2)34(31,32)26-21-10-8-19(9-11-21)24(30)33-18(3)20-5-4-6-22(14-20)29-15-25-27-28-29/h4-15,18,26H,1-3H3. The molecule has 0 bridgehead atoms. The van der Waals surface area contributed by atoms with Crippen LogP contribution in [0.1, 0.15) is 40.1 Å². The van der Waals surface area contributed by atoms with E-state index < -0.39 is 22.1 Å². The monoisotopic (exact) mass is 477 g/mol. The lowest BCUT2D eigenvalue weighted by Gasteiger charge is -2.15. The first-order chi connectivity index (χ1) is 16.2. The molecule has 1 aromatic heterocycles. The topological polar surface area (TPSA) is 116 Å². The zero-order valence-corrected chi connectivity index (χ0v) is 19.7. The number of esters is 1. The molecule has 3 aromatic carbocycles. The smallest absolute Gasteiger partial charge is 0.338 e. The number of hydrogen-bond donors (Lipinski definition) is 1.